The quantitative estimate of drug-likeness (QED) is 0.849. The van der Waals surface area contributed by atoms with Gasteiger partial charge in [0.05, 0.1) is 19.2 Å². The van der Waals surface area contributed by atoms with Crippen LogP contribution in [0, 0.1) is 0 Å². The number of nitrogens with zero attached hydrogens (tertiary/aromatic N) is 1. The molecule has 2 aromatic carbocycles. The van der Waals surface area contributed by atoms with Gasteiger partial charge in [-0.25, -0.2) is 0 Å². The highest BCUT2D eigenvalue weighted by Gasteiger charge is 2.15. The van der Waals surface area contributed by atoms with Crippen molar-refractivity contribution in [1.82, 2.24) is 0 Å². The predicted octanol–water partition coefficient (Wildman–Crippen LogP) is 2.26. The van der Waals surface area contributed by atoms with Gasteiger partial charge in [0.25, 0.3) is 0 Å². The number of carbonyl (C=O) groups is 1. The van der Waals surface area contributed by atoms with Crippen LogP contribution in [0.4, 0.5) is 11.4 Å². The number of rotatable bonds is 5. The largest absolute Gasteiger partial charge is 0.545 e. The second kappa shape index (κ2) is 7.68. The van der Waals surface area contributed by atoms with Crippen LogP contribution < -0.4 is 15.3 Å². The molecule has 0 atom stereocenters. The van der Waals surface area contributed by atoms with Gasteiger partial charge < -0.3 is 24.9 Å². The van der Waals surface area contributed by atoms with E-state index in [4.69, 9.17) is 4.74 Å². The summed E-state index contributed by atoms with van der Waals surface area (Å²) in [4.78, 5) is 13.6. The van der Waals surface area contributed by atoms with Gasteiger partial charge in [-0.15, -0.1) is 0 Å². The highest BCUT2D eigenvalue weighted by atomic mass is 79.9. The number of aromatic carboxylic acids is 1. The number of hydrogen-bond donors (Lipinski definition) is 1. The van der Waals surface area contributed by atoms with Crippen molar-refractivity contribution in [3.05, 3.63) is 58.1 Å². The van der Waals surface area contributed by atoms with Gasteiger partial charge >= 0.3 is 0 Å². The Morgan fingerprint density at radius 3 is 2.71 bits per heavy atom. The lowest BCUT2D eigenvalue weighted by atomic mass is 10.1. The first kappa shape index (κ1) is 16.8. The van der Waals surface area contributed by atoms with Gasteiger partial charge in [0.15, 0.2) is 0 Å². The van der Waals surface area contributed by atoms with Crippen molar-refractivity contribution in [3.63, 3.8) is 0 Å². The van der Waals surface area contributed by atoms with Crippen LogP contribution in [0.3, 0.4) is 0 Å². The molecule has 1 N–H and O–H groups in total. The number of carbonyl (C=O) groups excluding carboxylic acids is 1. The van der Waals surface area contributed by atoms with E-state index in [1.165, 1.54) is 0 Å². The van der Waals surface area contributed by atoms with E-state index in [0.717, 1.165) is 15.7 Å². The SMILES string of the molecule is O=C([O-])c1cc(NCc2cccc(Br)c2)ccc1N1CCOCC1. The third-order valence-corrected chi connectivity index (χ3v) is 4.45. The van der Waals surface area contributed by atoms with Crippen molar-refractivity contribution in [1.29, 1.82) is 0 Å². The molecule has 0 amide bonds. The molecule has 5 nitrogen and oxygen atoms in total. The number of benzene rings is 2. The summed E-state index contributed by atoms with van der Waals surface area (Å²) in [6.07, 6.45) is 0. The molecule has 24 heavy (non-hydrogen) atoms. The summed E-state index contributed by atoms with van der Waals surface area (Å²) in [5.74, 6) is -1.16. The van der Waals surface area contributed by atoms with Crippen LogP contribution in [0.1, 0.15) is 15.9 Å². The van der Waals surface area contributed by atoms with Crippen molar-refractivity contribution >= 4 is 33.3 Å². The van der Waals surface area contributed by atoms with E-state index in [2.05, 4.69) is 21.2 Å². The third-order valence-electron chi connectivity index (χ3n) is 3.95. The van der Waals surface area contributed by atoms with E-state index in [1.54, 1.807) is 6.07 Å². The monoisotopic (exact) mass is 389 g/mol. The highest BCUT2D eigenvalue weighted by Crippen LogP contribution is 2.25. The van der Waals surface area contributed by atoms with Gasteiger partial charge in [-0.05, 0) is 35.9 Å². The van der Waals surface area contributed by atoms with Gasteiger partial charge in [0, 0.05) is 41.0 Å². The van der Waals surface area contributed by atoms with Crippen LogP contribution in [0.25, 0.3) is 0 Å². The number of hydrogen-bond acceptors (Lipinski definition) is 5. The fraction of sp³-hybridized carbons (Fsp3) is 0.278. The zero-order valence-corrected chi connectivity index (χ0v) is 14.7. The van der Waals surface area contributed by atoms with Crippen molar-refractivity contribution in [3.8, 4) is 0 Å². The van der Waals surface area contributed by atoms with E-state index in [-0.39, 0.29) is 5.56 Å². The van der Waals surface area contributed by atoms with Gasteiger partial charge in [0.1, 0.15) is 0 Å². The van der Waals surface area contributed by atoms with Gasteiger partial charge in [0.2, 0.25) is 0 Å². The number of carboxylic acid groups (broad SMARTS) is 1. The summed E-state index contributed by atoms with van der Waals surface area (Å²) in [5, 5.41) is 14.8. The number of anilines is 2. The highest BCUT2D eigenvalue weighted by molar-refractivity contribution is 9.10. The van der Waals surface area contributed by atoms with Crippen LogP contribution in [0.5, 0.6) is 0 Å². The molecule has 0 radical (unpaired) electrons. The molecule has 1 saturated heterocycles. The molecule has 0 bridgehead atoms. The van der Waals surface area contributed by atoms with Crippen LogP contribution in [0.15, 0.2) is 46.9 Å². The maximum atomic E-state index is 11.5. The van der Waals surface area contributed by atoms with Gasteiger partial charge in [-0.2, -0.15) is 0 Å². The average Bonchev–Trinajstić information content (AvgIpc) is 2.60. The van der Waals surface area contributed by atoms with E-state index in [0.29, 0.717) is 38.5 Å². The lowest BCUT2D eigenvalue weighted by Crippen LogP contribution is -2.38. The Kier molecular flexibility index (Phi) is 5.37. The molecule has 1 heterocycles. The van der Waals surface area contributed by atoms with Crippen LogP contribution in [-0.2, 0) is 11.3 Å². The first-order valence-electron chi connectivity index (χ1n) is 7.80. The summed E-state index contributed by atoms with van der Waals surface area (Å²) in [6.45, 7) is 3.20. The average molecular weight is 390 g/mol. The minimum Gasteiger partial charge on any atom is -0.545 e. The Balaban J connectivity index is 1.77. The smallest absolute Gasteiger partial charge is 0.0736 e. The summed E-state index contributed by atoms with van der Waals surface area (Å²) < 4.78 is 6.34. The maximum absolute atomic E-state index is 11.5. The fourth-order valence-corrected chi connectivity index (χ4v) is 3.19. The Hall–Kier alpha value is -2.05. The van der Waals surface area contributed by atoms with Crippen molar-refractivity contribution in [2.45, 2.75) is 6.54 Å². The van der Waals surface area contributed by atoms with Crippen molar-refractivity contribution < 1.29 is 14.6 Å². The van der Waals surface area contributed by atoms with E-state index < -0.39 is 5.97 Å². The Morgan fingerprint density at radius 1 is 1.21 bits per heavy atom. The minimum atomic E-state index is -1.16. The lowest BCUT2D eigenvalue weighted by Gasteiger charge is -2.31. The molecule has 0 aromatic heterocycles. The minimum absolute atomic E-state index is 0.205. The molecule has 1 fully saturated rings. The summed E-state index contributed by atoms with van der Waals surface area (Å²) in [5.41, 5.74) is 2.75. The summed E-state index contributed by atoms with van der Waals surface area (Å²) in [7, 11) is 0. The molecule has 0 aliphatic carbocycles. The first-order chi connectivity index (χ1) is 11.6. The second-order valence-corrected chi connectivity index (χ2v) is 6.52. The number of nitrogens with one attached hydrogen (secondary N) is 1. The van der Waals surface area contributed by atoms with E-state index in [9.17, 15) is 9.90 Å². The predicted molar refractivity (Wildman–Crippen MR) is 95.3 cm³/mol. The number of morpholine rings is 1. The molecule has 0 spiro atoms. The number of halogens is 1. The van der Waals surface area contributed by atoms with Gasteiger partial charge in [-0.3, -0.25) is 0 Å². The molecule has 1 aliphatic heterocycles. The van der Waals surface area contributed by atoms with Crippen molar-refractivity contribution in [2.75, 3.05) is 36.5 Å². The summed E-state index contributed by atoms with van der Waals surface area (Å²) >= 11 is 3.44. The second-order valence-electron chi connectivity index (χ2n) is 5.60. The molecule has 6 heteroatoms. The van der Waals surface area contributed by atoms with E-state index in [1.807, 2.05) is 41.3 Å². The summed E-state index contributed by atoms with van der Waals surface area (Å²) in [6, 6.07) is 13.3. The van der Waals surface area contributed by atoms with Gasteiger partial charge in [-0.1, -0.05) is 28.1 Å². The lowest BCUT2D eigenvalue weighted by molar-refractivity contribution is -0.254. The van der Waals surface area contributed by atoms with Crippen molar-refractivity contribution in [2.24, 2.45) is 0 Å². The first-order valence-corrected chi connectivity index (χ1v) is 8.59. The molecular weight excluding hydrogens is 372 g/mol. The molecule has 2 aromatic rings. The third kappa shape index (κ3) is 4.07. The topological polar surface area (TPSA) is 64.6 Å². The Bertz CT molecular complexity index is 730. The zero-order valence-electron chi connectivity index (χ0n) is 13.1. The molecule has 0 unspecified atom stereocenters. The molecule has 126 valence electrons. The van der Waals surface area contributed by atoms with E-state index >= 15 is 0 Å². The number of ether oxygens (including phenoxy) is 1. The fourth-order valence-electron chi connectivity index (χ4n) is 2.74. The van der Waals surface area contributed by atoms with Crippen LogP contribution in [-0.4, -0.2) is 32.3 Å². The van der Waals surface area contributed by atoms with Crippen LogP contribution >= 0.6 is 15.9 Å². The normalized spacial score (nSPS) is 14.5. The molecule has 0 saturated carbocycles. The zero-order chi connectivity index (χ0) is 16.9. The maximum Gasteiger partial charge on any atom is 0.0736 e. The standard InChI is InChI=1S/C18H19BrN2O3/c19-14-3-1-2-13(10-14)12-20-15-4-5-17(16(11-15)18(22)23)21-6-8-24-9-7-21/h1-5,10-11,20H,6-9,12H2,(H,22,23)/p-1. The molecule has 1 aliphatic rings. The Labute approximate surface area is 149 Å². The Morgan fingerprint density at radius 2 is 2.00 bits per heavy atom. The molecule has 3 rings (SSSR count). The van der Waals surface area contributed by atoms with Crippen LogP contribution in [0.2, 0.25) is 0 Å². The molecular formula is C18H18BrN2O3-. The number of carboxylic acids is 1.